The van der Waals surface area contributed by atoms with Crippen molar-refractivity contribution in [2.24, 2.45) is 0 Å². The molecule has 2 heteroatoms. The first-order valence-electron chi connectivity index (χ1n) is 9.04. The van der Waals surface area contributed by atoms with Crippen LogP contribution in [0.15, 0.2) is 36.4 Å². The minimum atomic E-state index is 1.05. The van der Waals surface area contributed by atoms with Crippen molar-refractivity contribution in [2.45, 2.75) is 41.0 Å². The van der Waals surface area contributed by atoms with Crippen molar-refractivity contribution in [3.8, 4) is 0 Å². The zero-order chi connectivity index (χ0) is 17.7. The maximum Gasteiger partial charge on any atom is 0.0425 e. The molecule has 0 aliphatic rings. The molecule has 130 valence electrons. The maximum absolute atomic E-state index is 2.52. The molecule has 0 N–H and O–H groups in total. The third kappa shape index (κ3) is 4.11. The third-order valence-corrected chi connectivity index (χ3v) is 4.88. The Labute approximate surface area is 148 Å². The summed E-state index contributed by atoms with van der Waals surface area (Å²) < 4.78 is 0. The fourth-order valence-electron chi connectivity index (χ4n) is 3.75. The van der Waals surface area contributed by atoms with Crippen LogP contribution in [0.5, 0.6) is 0 Å². The highest BCUT2D eigenvalue weighted by Gasteiger charge is 2.12. The van der Waals surface area contributed by atoms with Crippen LogP contribution in [0, 0.1) is 27.7 Å². The van der Waals surface area contributed by atoms with Gasteiger partial charge in [-0.05, 0) is 63.3 Å². The Morgan fingerprint density at radius 2 is 1.17 bits per heavy atom. The van der Waals surface area contributed by atoms with E-state index in [0.29, 0.717) is 0 Å². The lowest BCUT2D eigenvalue weighted by molar-refractivity contribution is 0.728. The zero-order valence-corrected chi connectivity index (χ0v) is 16.2. The summed E-state index contributed by atoms with van der Waals surface area (Å²) in [7, 11) is 2.21. The van der Waals surface area contributed by atoms with Gasteiger partial charge >= 0.3 is 0 Å². The molecule has 2 rings (SSSR count). The predicted octanol–water partition coefficient (Wildman–Crippen LogP) is 5.27. The topological polar surface area (TPSA) is 6.48 Å². The molecule has 2 aromatic carbocycles. The fraction of sp³-hybridized carbons (Fsp3) is 0.455. The van der Waals surface area contributed by atoms with Crippen LogP contribution in [0.2, 0.25) is 0 Å². The molecule has 0 spiro atoms. The van der Waals surface area contributed by atoms with E-state index in [-0.39, 0.29) is 0 Å². The summed E-state index contributed by atoms with van der Waals surface area (Å²) in [5.74, 6) is 0. The van der Waals surface area contributed by atoms with Gasteiger partial charge in [0.1, 0.15) is 0 Å². The molecule has 0 unspecified atom stereocenters. The Morgan fingerprint density at radius 1 is 0.708 bits per heavy atom. The highest BCUT2D eigenvalue weighted by molar-refractivity contribution is 5.59. The highest BCUT2D eigenvalue weighted by atomic mass is 15.1. The van der Waals surface area contributed by atoms with Gasteiger partial charge in [0.2, 0.25) is 0 Å². The smallest absolute Gasteiger partial charge is 0.0425 e. The van der Waals surface area contributed by atoms with Crippen molar-refractivity contribution < 1.29 is 0 Å². The first-order valence-corrected chi connectivity index (χ1v) is 9.04. The summed E-state index contributed by atoms with van der Waals surface area (Å²) >= 11 is 0. The molecule has 0 fully saturated rings. The maximum atomic E-state index is 2.52. The molecule has 24 heavy (non-hydrogen) atoms. The molecule has 0 aliphatic heterocycles. The van der Waals surface area contributed by atoms with Crippen molar-refractivity contribution in [3.63, 3.8) is 0 Å². The zero-order valence-electron chi connectivity index (χ0n) is 16.2. The SMILES string of the molecule is CCN(CCCN(C)c1c(C)cccc1C)c1c(C)cccc1C. The molecular weight excluding hydrogens is 292 g/mol. The summed E-state index contributed by atoms with van der Waals surface area (Å²) in [6, 6.07) is 13.1. The number of aryl methyl sites for hydroxylation is 4. The predicted molar refractivity (Wildman–Crippen MR) is 108 cm³/mol. The first-order chi connectivity index (χ1) is 11.5. The van der Waals surface area contributed by atoms with Crippen LogP contribution in [0.1, 0.15) is 35.6 Å². The first kappa shape index (κ1) is 18.4. The second-order valence-corrected chi connectivity index (χ2v) is 6.84. The highest BCUT2D eigenvalue weighted by Crippen LogP contribution is 2.26. The average molecular weight is 325 g/mol. The lowest BCUT2D eigenvalue weighted by Gasteiger charge is -2.29. The lowest BCUT2D eigenvalue weighted by atomic mass is 10.1. The minimum absolute atomic E-state index is 1.05. The van der Waals surface area contributed by atoms with Crippen LogP contribution >= 0.6 is 0 Å². The Kier molecular flexibility index (Phi) is 6.30. The van der Waals surface area contributed by atoms with E-state index >= 15 is 0 Å². The Hall–Kier alpha value is -1.96. The average Bonchev–Trinajstić information content (AvgIpc) is 2.53. The molecule has 0 saturated carbocycles. The van der Waals surface area contributed by atoms with E-state index in [9.17, 15) is 0 Å². The van der Waals surface area contributed by atoms with Gasteiger partial charge in [0.25, 0.3) is 0 Å². The largest absolute Gasteiger partial charge is 0.374 e. The van der Waals surface area contributed by atoms with Gasteiger partial charge in [0.05, 0.1) is 0 Å². The Bertz CT molecular complexity index is 635. The Balaban J connectivity index is 2.02. The molecule has 2 aromatic rings. The van der Waals surface area contributed by atoms with E-state index in [1.54, 1.807) is 0 Å². The molecule has 0 heterocycles. The van der Waals surface area contributed by atoms with E-state index in [1.807, 2.05) is 0 Å². The van der Waals surface area contributed by atoms with Gasteiger partial charge in [-0.15, -0.1) is 0 Å². The normalized spacial score (nSPS) is 10.8. The van der Waals surface area contributed by atoms with Crippen molar-refractivity contribution >= 4 is 11.4 Å². The van der Waals surface area contributed by atoms with Gasteiger partial charge in [0.15, 0.2) is 0 Å². The third-order valence-electron chi connectivity index (χ3n) is 4.88. The van der Waals surface area contributed by atoms with Gasteiger partial charge in [-0.3, -0.25) is 0 Å². The molecule has 0 saturated heterocycles. The second-order valence-electron chi connectivity index (χ2n) is 6.84. The molecule has 0 amide bonds. The number of nitrogens with zero attached hydrogens (tertiary/aromatic N) is 2. The van der Waals surface area contributed by atoms with Gasteiger partial charge in [-0.2, -0.15) is 0 Å². The van der Waals surface area contributed by atoms with Gasteiger partial charge in [-0.25, -0.2) is 0 Å². The van der Waals surface area contributed by atoms with Crippen LogP contribution in [-0.2, 0) is 0 Å². The number of para-hydroxylation sites is 2. The van der Waals surface area contributed by atoms with Crippen LogP contribution < -0.4 is 9.80 Å². The van der Waals surface area contributed by atoms with Gasteiger partial charge in [0, 0.05) is 38.1 Å². The van der Waals surface area contributed by atoms with Crippen LogP contribution in [0.3, 0.4) is 0 Å². The van der Waals surface area contributed by atoms with E-state index in [4.69, 9.17) is 0 Å². The van der Waals surface area contributed by atoms with E-state index < -0.39 is 0 Å². The number of rotatable bonds is 7. The van der Waals surface area contributed by atoms with Gasteiger partial charge < -0.3 is 9.80 Å². The van der Waals surface area contributed by atoms with E-state index in [2.05, 4.69) is 87.9 Å². The van der Waals surface area contributed by atoms with Crippen LogP contribution in [0.25, 0.3) is 0 Å². The molecule has 0 radical (unpaired) electrons. The Morgan fingerprint density at radius 3 is 1.62 bits per heavy atom. The van der Waals surface area contributed by atoms with Crippen molar-refractivity contribution in [3.05, 3.63) is 58.7 Å². The summed E-state index contributed by atoms with van der Waals surface area (Å²) in [4.78, 5) is 4.92. The van der Waals surface area contributed by atoms with Crippen molar-refractivity contribution in [1.29, 1.82) is 0 Å². The number of hydrogen-bond donors (Lipinski definition) is 0. The number of hydrogen-bond acceptors (Lipinski definition) is 2. The fourth-order valence-corrected chi connectivity index (χ4v) is 3.75. The summed E-state index contributed by atoms with van der Waals surface area (Å²) in [6.07, 6.45) is 1.16. The van der Waals surface area contributed by atoms with Crippen molar-refractivity contribution in [2.75, 3.05) is 36.5 Å². The van der Waals surface area contributed by atoms with E-state index in [1.165, 1.54) is 33.6 Å². The molecule has 0 aromatic heterocycles. The standard InChI is InChI=1S/C22H32N2/c1-7-24(22-19(4)13-9-14-20(22)5)16-10-15-23(6)21-17(2)11-8-12-18(21)3/h8-9,11-14H,7,10,15-16H2,1-6H3. The summed E-state index contributed by atoms with van der Waals surface area (Å²) in [5.41, 5.74) is 8.27. The second kappa shape index (κ2) is 8.23. The molecule has 0 atom stereocenters. The summed E-state index contributed by atoms with van der Waals surface area (Å²) in [5, 5.41) is 0. The van der Waals surface area contributed by atoms with Crippen molar-refractivity contribution in [1.82, 2.24) is 0 Å². The lowest BCUT2D eigenvalue weighted by Crippen LogP contribution is -2.29. The monoisotopic (exact) mass is 324 g/mol. The van der Waals surface area contributed by atoms with Crippen LogP contribution in [0.4, 0.5) is 11.4 Å². The molecule has 2 nitrogen and oxygen atoms in total. The van der Waals surface area contributed by atoms with Crippen LogP contribution in [-0.4, -0.2) is 26.7 Å². The number of anilines is 2. The number of benzene rings is 2. The van der Waals surface area contributed by atoms with E-state index in [0.717, 1.165) is 26.1 Å². The summed E-state index contributed by atoms with van der Waals surface area (Å²) in [6.45, 7) is 14.3. The molecule has 0 aliphatic carbocycles. The molecule has 0 bridgehead atoms. The van der Waals surface area contributed by atoms with Gasteiger partial charge in [-0.1, -0.05) is 36.4 Å². The quantitative estimate of drug-likeness (QED) is 0.684. The minimum Gasteiger partial charge on any atom is -0.374 e. The molecular formula is C22H32N2.